The lowest BCUT2D eigenvalue weighted by Gasteiger charge is -2.23. The van der Waals surface area contributed by atoms with E-state index in [1.807, 2.05) is 20.8 Å². The smallest absolute Gasteiger partial charge is 0.247 e. The van der Waals surface area contributed by atoms with E-state index in [9.17, 15) is 4.79 Å². The van der Waals surface area contributed by atoms with Gasteiger partial charge in [-0.15, -0.1) is 0 Å². The largest absolute Gasteiger partial charge is 0.490 e. The second-order valence-corrected chi connectivity index (χ2v) is 8.35. The predicted octanol–water partition coefficient (Wildman–Crippen LogP) is 5.05. The highest BCUT2D eigenvalue weighted by Gasteiger charge is 2.28. The summed E-state index contributed by atoms with van der Waals surface area (Å²) in [6, 6.07) is 4.35. The van der Waals surface area contributed by atoms with Gasteiger partial charge in [0.25, 0.3) is 0 Å². The van der Waals surface area contributed by atoms with Gasteiger partial charge in [0.05, 0.1) is 16.7 Å². The molecule has 1 atom stereocenters. The SMILES string of the molecule is CC(C)Oc1c([C@H](C)c2nc(Cl)c3c(N)nccn23)cc(Cl)c(F)c1-c1ccc(=O)[nH]c1. The molecular formula is C22H20Cl2FN5O2. The van der Waals surface area contributed by atoms with Crippen LogP contribution >= 0.6 is 23.2 Å². The van der Waals surface area contributed by atoms with E-state index >= 15 is 4.39 Å². The maximum absolute atomic E-state index is 15.3. The number of fused-ring (bicyclic) bond motifs is 1. The van der Waals surface area contributed by atoms with Crippen LogP contribution in [-0.2, 0) is 0 Å². The minimum Gasteiger partial charge on any atom is -0.490 e. The molecule has 3 N–H and O–H groups in total. The maximum Gasteiger partial charge on any atom is 0.247 e. The molecule has 0 aliphatic carbocycles. The minimum atomic E-state index is -0.648. The van der Waals surface area contributed by atoms with Crippen molar-refractivity contribution >= 4 is 34.5 Å². The molecule has 0 fully saturated rings. The molecule has 0 aliphatic rings. The van der Waals surface area contributed by atoms with Gasteiger partial charge in [-0.2, -0.15) is 0 Å². The monoisotopic (exact) mass is 475 g/mol. The second-order valence-electron chi connectivity index (χ2n) is 7.59. The number of H-pyrrole nitrogens is 1. The van der Waals surface area contributed by atoms with Crippen LogP contribution in [0.4, 0.5) is 10.2 Å². The Morgan fingerprint density at radius 1 is 1.25 bits per heavy atom. The normalized spacial score (nSPS) is 12.5. The third kappa shape index (κ3) is 3.80. The molecule has 3 heterocycles. The number of halogens is 3. The average molecular weight is 476 g/mol. The van der Waals surface area contributed by atoms with E-state index < -0.39 is 11.7 Å². The summed E-state index contributed by atoms with van der Waals surface area (Å²) in [5, 5.41) is 0.120. The molecule has 166 valence electrons. The van der Waals surface area contributed by atoms with E-state index in [4.69, 9.17) is 33.7 Å². The number of pyridine rings is 1. The van der Waals surface area contributed by atoms with Crippen LogP contribution in [-0.4, -0.2) is 25.5 Å². The first-order chi connectivity index (χ1) is 15.2. The fraction of sp³-hybridized carbons (Fsp3) is 0.227. The van der Waals surface area contributed by atoms with E-state index in [-0.39, 0.29) is 33.2 Å². The molecule has 0 saturated heterocycles. The van der Waals surface area contributed by atoms with Gasteiger partial charge in [-0.1, -0.05) is 30.1 Å². The number of hydrogen-bond acceptors (Lipinski definition) is 5. The summed E-state index contributed by atoms with van der Waals surface area (Å²) in [7, 11) is 0. The predicted molar refractivity (Wildman–Crippen MR) is 123 cm³/mol. The number of rotatable bonds is 5. The summed E-state index contributed by atoms with van der Waals surface area (Å²) in [5.74, 6) is 0.0438. The Labute approximate surface area is 193 Å². The number of aromatic nitrogens is 4. The van der Waals surface area contributed by atoms with Crippen LogP contribution in [0.3, 0.4) is 0 Å². The zero-order valence-corrected chi connectivity index (χ0v) is 19.0. The Bertz CT molecular complexity index is 1360. The van der Waals surface area contributed by atoms with Crippen LogP contribution in [0.5, 0.6) is 5.75 Å². The Hall–Kier alpha value is -3.10. The Morgan fingerprint density at radius 3 is 2.66 bits per heavy atom. The fourth-order valence-corrected chi connectivity index (χ4v) is 4.11. The van der Waals surface area contributed by atoms with Gasteiger partial charge in [-0.3, -0.25) is 9.20 Å². The third-order valence-corrected chi connectivity index (χ3v) is 5.59. The summed E-state index contributed by atoms with van der Waals surface area (Å²) >= 11 is 12.6. The van der Waals surface area contributed by atoms with Gasteiger partial charge in [0.1, 0.15) is 17.1 Å². The Balaban J connectivity index is 1.99. The van der Waals surface area contributed by atoms with Crippen molar-refractivity contribution in [1.82, 2.24) is 19.4 Å². The van der Waals surface area contributed by atoms with E-state index in [0.29, 0.717) is 28.2 Å². The summed E-state index contributed by atoms with van der Waals surface area (Å²) < 4.78 is 23.1. The molecule has 0 radical (unpaired) electrons. The molecule has 4 rings (SSSR count). The van der Waals surface area contributed by atoms with Gasteiger partial charge >= 0.3 is 0 Å². The number of hydrogen-bond donors (Lipinski definition) is 2. The van der Waals surface area contributed by atoms with Gasteiger partial charge in [0, 0.05) is 41.7 Å². The summed E-state index contributed by atoms with van der Waals surface area (Å²) in [5.41, 5.74) is 7.34. The minimum absolute atomic E-state index is 0.0858. The molecule has 0 unspecified atom stereocenters. The maximum atomic E-state index is 15.3. The molecule has 0 saturated carbocycles. The average Bonchev–Trinajstić information content (AvgIpc) is 3.09. The number of imidazole rings is 1. The zero-order chi connectivity index (χ0) is 23.2. The number of nitrogens with one attached hydrogen (secondary N) is 1. The molecule has 0 amide bonds. The highest BCUT2D eigenvalue weighted by atomic mass is 35.5. The molecule has 0 bridgehead atoms. The van der Waals surface area contributed by atoms with Crippen molar-refractivity contribution < 1.29 is 9.13 Å². The lowest BCUT2D eigenvalue weighted by molar-refractivity contribution is 0.239. The first kappa shape index (κ1) is 22.1. The van der Waals surface area contributed by atoms with Crippen molar-refractivity contribution in [3.05, 3.63) is 74.5 Å². The number of anilines is 1. The number of ether oxygens (including phenoxy) is 1. The van der Waals surface area contributed by atoms with Crippen molar-refractivity contribution in [1.29, 1.82) is 0 Å². The van der Waals surface area contributed by atoms with Crippen molar-refractivity contribution in [2.24, 2.45) is 0 Å². The molecule has 10 heteroatoms. The van der Waals surface area contributed by atoms with Crippen LogP contribution in [0.25, 0.3) is 16.6 Å². The Morgan fingerprint density at radius 2 is 2.00 bits per heavy atom. The summed E-state index contributed by atoms with van der Waals surface area (Å²) in [6.45, 7) is 5.56. The second kappa shape index (κ2) is 8.44. The third-order valence-electron chi connectivity index (χ3n) is 5.05. The molecule has 7 nitrogen and oxygen atoms in total. The highest BCUT2D eigenvalue weighted by Crippen LogP contribution is 2.44. The quantitative estimate of drug-likeness (QED) is 0.420. The number of benzene rings is 1. The van der Waals surface area contributed by atoms with Crippen molar-refractivity contribution in [2.75, 3.05) is 5.73 Å². The van der Waals surface area contributed by atoms with Crippen LogP contribution < -0.4 is 16.0 Å². The molecule has 3 aromatic heterocycles. The first-order valence-corrected chi connectivity index (χ1v) is 10.6. The van der Waals surface area contributed by atoms with Crippen molar-refractivity contribution in [2.45, 2.75) is 32.8 Å². The number of nitrogen functional groups attached to an aromatic ring is 1. The van der Waals surface area contributed by atoms with E-state index in [1.165, 1.54) is 24.4 Å². The molecule has 32 heavy (non-hydrogen) atoms. The van der Waals surface area contributed by atoms with E-state index in [0.717, 1.165) is 0 Å². The van der Waals surface area contributed by atoms with E-state index in [1.54, 1.807) is 16.8 Å². The number of aromatic amines is 1. The zero-order valence-electron chi connectivity index (χ0n) is 17.5. The number of nitrogens with two attached hydrogens (primary N) is 1. The van der Waals surface area contributed by atoms with Gasteiger partial charge in [-0.05, 0) is 26.0 Å². The van der Waals surface area contributed by atoms with Crippen LogP contribution in [0.15, 0.2) is 41.6 Å². The highest BCUT2D eigenvalue weighted by molar-refractivity contribution is 6.33. The van der Waals surface area contributed by atoms with Crippen molar-refractivity contribution in [3.63, 3.8) is 0 Å². The van der Waals surface area contributed by atoms with Gasteiger partial charge in [0.2, 0.25) is 5.56 Å². The Kier molecular flexibility index (Phi) is 5.83. The van der Waals surface area contributed by atoms with E-state index in [2.05, 4.69) is 15.0 Å². The van der Waals surface area contributed by atoms with Crippen LogP contribution in [0.1, 0.15) is 38.1 Å². The summed E-state index contributed by atoms with van der Waals surface area (Å²) in [6.07, 6.45) is 4.41. The van der Waals surface area contributed by atoms with Crippen LogP contribution in [0.2, 0.25) is 10.2 Å². The molecule has 1 aromatic carbocycles. The molecule has 0 aliphatic heterocycles. The standard InChI is InChI=1S/C22H20Cl2FN5O2/c1-10(2)32-19-13(8-14(23)17(25)16(19)12-4-5-15(31)28-9-12)11(3)22-29-20(24)18-21(26)27-6-7-30(18)22/h4-11H,1-3H3,(H2,26,27)(H,28,31)/t11-/m0/s1. The molecular weight excluding hydrogens is 456 g/mol. The molecule has 0 spiro atoms. The summed E-state index contributed by atoms with van der Waals surface area (Å²) in [4.78, 5) is 22.6. The molecule has 4 aromatic rings. The lowest BCUT2D eigenvalue weighted by Crippen LogP contribution is -2.13. The topological polar surface area (TPSA) is 98.3 Å². The number of nitrogens with zero attached hydrogens (tertiary/aromatic N) is 3. The fourth-order valence-electron chi connectivity index (χ4n) is 3.62. The van der Waals surface area contributed by atoms with Crippen molar-refractivity contribution in [3.8, 4) is 16.9 Å². The van der Waals surface area contributed by atoms with Crippen LogP contribution in [0, 0.1) is 5.82 Å². The van der Waals surface area contributed by atoms with Gasteiger partial charge in [0.15, 0.2) is 16.8 Å². The first-order valence-electron chi connectivity index (χ1n) is 9.84. The van der Waals surface area contributed by atoms with Gasteiger partial charge < -0.3 is 15.5 Å². The van der Waals surface area contributed by atoms with Gasteiger partial charge in [-0.25, -0.2) is 14.4 Å². The lowest BCUT2D eigenvalue weighted by atomic mass is 9.93.